The van der Waals surface area contributed by atoms with Gasteiger partial charge < -0.3 is 14.7 Å². The van der Waals surface area contributed by atoms with E-state index in [1.807, 2.05) is 19.0 Å². The molecule has 0 aromatic heterocycles. The zero-order chi connectivity index (χ0) is 14.3. The van der Waals surface area contributed by atoms with Crippen molar-refractivity contribution in [3.8, 4) is 0 Å². The van der Waals surface area contributed by atoms with Gasteiger partial charge in [-0.1, -0.05) is 13.2 Å². The predicted octanol–water partition coefficient (Wildman–Crippen LogP) is 1.39. The highest BCUT2D eigenvalue weighted by Crippen LogP contribution is 1.80. The van der Waals surface area contributed by atoms with E-state index in [4.69, 9.17) is 9.84 Å². The topological polar surface area (TPSA) is 66.8 Å². The maximum Gasteiger partial charge on any atom is 0.330 e. The van der Waals surface area contributed by atoms with Crippen molar-refractivity contribution >= 4 is 23.5 Å². The number of ether oxygens (including phenoxy) is 1. The number of carbonyl (C=O) groups excluding carboxylic acids is 1. The Labute approximate surface area is 107 Å². The number of carboxylic acids is 1. The molecule has 0 heterocycles. The first-order chi connectivity index (χ1) is 7.93. The van der Waals surface area contributed by atoms with Gasteiger partial charge in [-0.25, -0.2) is 9.59 Å². The zero-order valence-corrected chi connectivity index (χ0v) is 11.2. The van der Waals surface area contributed by atoms with E-state index in [0.717, 1.165) is 18.7 Å². The van der Waals surface area contributed by atoms with Gasteiger partial charge in [-0.15, -0.1) is 11.6 Å². The summed E-state index contributed by atoms with van der Waals surface area (Å²) in [6.07, 6.45) is 3.47. The normalized spacial score (nSPS) is 7.82. The smallest absolute Gasteiger partial charge is 0.330 e. The van der Waals surface area contributed by atoms with Gasteiger partial charge in [-0.2, -0.15) is 0 Å². The summed E-state index contributed by atoms with van der Waals surface area (Å²) in [7, 11) is 3.84. The lowest BCUT2D eigenvalue weighted by molar-refractivity contribution is -0.138. The van der Waals surface area contributed by atoms with Crippen molar-refractivity contribution in [2.75, 3.05) is 33.6 Å². The highest BCUT2D eigenvalue weighted by Gasteiger charge is 1.94. The number of hydrogen-bond acceptors (Lipinski definition) is 4. The van der Waals surface area contributed by atoms with Crippen LogP contribution >= 0.6 is 11.6 Å². The van der Waals surface area contributed by atoms with Gasteiger partial charge in [0.25, 0.3) is 0 Å². The number of rotatable bonds is 5. The summed E-state index contributed by atoms with van der Waals surface area (Å²) < 4.78 is 4.70. The monoisotopic (exact) mass is 265 g/mol. The van der Waals surface area contributed by atoms with Crippen molar-refractivity contribution in [3.05, 3.63) is 25.3 Å². The van der Waals surface area contributed by atoms with Crippen LogP contribution in [0, 0.1) is 0 Å². The number of likely N-dealkylation sites (N-methyl/N-ethyl adjacent to an activating group) is 1. The van der Waals surface area contributed by atoms with Crippen LogP contribution in [0.4, 0.5) is 0 Å². The molecule has 0 bridgehead atoms. The second kappa shape index (κ2) is 17.1. The molecule has 0 radical (unpaired) electrons. The molecule has 0 fully saturated rings. The van der Waals surface area contributed by atoms with Gasteiger partial charge in [0.15, 0.2) is 0 Å². The summed E-state index contributed by atoms with van der Waals surface area (Å²) in [5.41, 5.74) is 0. The van der Waals surface area contributed by atoms with Crippen molar-refractivity contribution < 1.29 is 19.4 Å². The molecule has 0 rings (SSSR count). The van der Waals surface area contributed by atoms with Gasteiger partial charge >= 0.3 is 11.9 Å². The molecule has 0 spiro atoms. The molecule has 0 saturated heterocycles. The first kappa shape index (κ1) is 21.0. The number of carboxylic acid groups (broad SMARTS) is 1. The molecule has 1 N–H and O–H groups in total. The third kappa shape index (κ3) is 31.3. The molecular weight excluding hydrogens is 246 g/mol. The number of hydrogen-bond donors (Lipinski definition) is 1. The van der Waals surface area contributed by atoms with E-state index in [2.05, 4.69) is 24.8 Å². The Bertz CT molecular complexity index is 230. The summed E-state index contributed by atoms with van der Waals surface area (Å²) in [4.78, 5) is 21.6. The van der Waals surface area contributed by atoms with E-state index in [9.17, 15) is 9.59 Å². The van der Waals surface area contributed by atoms with Crippen molar-refractivity contribution in [2.24, 2.45) is 0 Å². The Morgan fingerprint density at radius 2 is 1.71 bits per heavy atom. The van der Waals surface area contributed by atoms with E-state index in [-0.39, 0.29) is 5.97 Å². The summed E-state index contributed by atoms with van der Waals surface area (Å²) >= 11 is 4.64. The maximum absolute atomic E-state index is 10.4. The SMILES string of the molecule is C=CC(=O)O.C=CC(=O)OCCN(C)C.CCl. The third-order valence-corrected chi connectivity index (χ3v) is 1.12. The van der Waals surface area contributed by atoms with Gasteiger partial charge in [0.1, 0.15) is 6.61 Å². The Morgan fingerprint density at radius 1 is 1.29 bits per heavy atom. The number of alkyl halides is 1. The molecule has 6 heteroatoms. The van der Waals surface area contributed by atoms with Crippen LogP contribution in [-0.4, -0.2) is 55.6 Å². The van der Waals surface area contributed by atoms with Crippen LogP contribution in [0.2, 0.25) is 0 Å². The Hall–Kier alpha value is -1.33. The first-order valence-electron chi connectivity index (χ1n) is 4.61. The van der Waals surface area contributed by atoms with Crippen LogP contribution in [0.25, 0.3) is 0 Å². The van der Waals surface area contributed by atoms with E-state index in [1.54, 1.807) is 0 Å². The molecule has 0 aliphatic heterocycles. The Morgan fingerprint density at radius 3 is 1.94 bits per heavy atom. The summed E-state index contributed by atoms with van der Waals surface area (Å²) in [6, 6.07) is 0. The molecule has 0 aliphatic rings. The van der Waals surface area contributed by atoms with Crippen molar-refractivity contribution in [2.45, 2.75) is 0 Å². The van der Waals surface area contributed by atoms with Crippen LogP contribution in [0.5, 0.6) is 0 Å². The van der Waals surface area contributed by atoms with E-state index in [1.165, 1.54) is 6.38 Å². The van der Waals surface area contributed by atoms with Gasteiger partial charge in [0.2, 0.25) is 0 Å². The fourth-order valence-electron chi connectivity index (χ4n) is 0.388. The summed E-state index contributed by atoms with van der Waals surface area (Å²) in [5.74, 6) is -1.34. The molecular formula is C11H20ClNO4. The summed E-state index contributed by atoms with van der Waals surface area (Å²) in [5, 5.41) is 7.60. The lowest BCUT2D eigenvalue weighted by Crippen LogP contribution is -2.19. The third-order valence-electron chi connectivity index (χ3n) is 1.12. The van der Waals surface area contributed by atoms with Crippen molar-refractivity contribution in [1.82, 2.24) is 4.90 Å². The van der Waals surface area contributed by atoms with E-state index < -0.39 is 5.97 Å². The minimum atomic E-state index is -0.981. The quantitative estimate of drug-likeness (QED) is 0.462. The predicted molar refractivity (Wildman–Crippen MR) is 69.3 cm³/mol. The Kier molecular flexibility index (Phi) is 21.1. The molecule has 0 aromatic carbocycles. The molecule has 0 amide bonds. The van der Waals surface area contributed by atoms with Crippen molar-refractivity contribution in [1.29, 1.82) is 0 Å². The number of esters is 1. The molecule has 0 atom stereocenters. The average molecular weight is 266 g/mol. The van der Waals surface area contributed by atoms with Crippen LogP contribution in [0.1, 0.15) is 0 Å². The maximum atomic E-state index is 10.4. The van der Waals surface area contributed by atoms with Gasteiger partial charge in [-0.3, -0.25) is 0 Å². The highest BCUT2D eigenvalue weighted by molar-refractivity contribution is 6.15. The standard InChI is InChI=1S/C7H13NO2.C3H4O2.CH3Cl/c1-4-7(9)10-6-5-8(2)3;1-2-3(4)5;1-2/h4H,1,5-6H2,2-3H3;2H,1H2,(H,4,5);1H3. The Balaban J connectivity index is -0.000000236. The second-order valence-electron chi connectivity index (χ2n) is 2.72. The highest BCUT2D eigenvalue weighted by atomic mass is 35.5. The van der Waals surface area contributed by atoms with Gasteiger partial charge in [0.05, 0.1) is 0 Å². The number of aliphatic carboxylic acids is 1. The minimum absolute atomic E-state index is 0.359. The van der Waals surface area contributed by atoms with E-state index in [0.29, 0.717) is 6.61 Å². The average Bonchev–Trinajstić information content (AvgIpc) is 2.31. The number of nitrogens with zero attached hydrogens (tertiary/aromatic N) is 1. The largest absolute Gasteiger partial charge is 0.478 e. The van der Waals surface area contributed by atoms with Crippen LogP contribution in [0.15, 0.2) is 25.3 Å². The molecule has 5 nitrogen and oxygen atoms in total. The number of halogens is 1. The van der Waals surface area contributed by atoms with Crippen molar-refractivity contribution in [3.63, 3.8) is 0 Å². The van der Waals surface area contributed by atoms with Crippen LogP contribution in [0.3, 0.4) is 0 Å². The lowest BCUT2D eigenvalue weighted by Gasteiger charge is -2.07. The second-order valence-corrected chi connectivity index (χ2v) is 2.72. The van der Waals surface area contributed by atoms with E-state index >= 15 is 0 Å². The zero-order valence-electron chi connectivity index (χ0n) is 10.5. The fourth-order valence-corrected chi connectivity index (χ4v) is 0.388. The van der Waals surface area contributed by atoms with Crippen LogP contribution in [-0.2, 0) is 14.3 Å². The molecule has 0 saturated carbocycles. The summed E-state index contributed by atoms with van der Waals surface area (Å²) in [6.45, 7) is 7.41. The first-order valence-corrected chi connectivity index (χ1v) is 5.36. The molecule has 0 unspecified atom stereocenters. The van der Waals surface area contributed by atoms with Gasteiger partial charge in [0, 0.05) is 25.1 Å². The fraction of sp³-hybridized carbons (Fsp3) is 0.455. The molecule has 0 aliphatic carbocycles. The molecule has 17 heavy (non-hydrogen) atoms. The minimum Gasteiger partial charge on any atom is -0.478 e. The van der Waals surface area contributed by atoms with Crippen LogP contribution < -0.4 is 0 Å². The molecule has 0 aromatic rings. The molecule has 100 valence electrons. The van der Waals surface area contributed by atoms with Gasteiger partial charge in [-0.05, 0) is 14.1 Å². The number of carbonyl (C=O) groups is 2. The lowest BCUT2D eigenvalue weighted by atomic mass is 10.6.